The van der Waals surface area contributed by atoms with E-state index in [0.29, 0.717) is 31.7 Å². The van der Waals surface area contributed by atoms with Crippen LogP contribution in [0.5, 0.6) is 0 Å². The van der Waals surface area contributed by atoms with Gasteiger partial charge in [-0.1, -0.05) is 17.7 Å². The molecule has 2 aromatic carbocycles. The van der Waals surface area contributed by atoms with E-state index in [1.54, 1.807) is 30.2 Å². The summed E-state index contributed by atoms with van der Waals surface area (Å²) in [6.45, 7) is 0.911. The Bertz CT molecular complexity index is 836. The molecule has 0 saturated carbocycles. The second-order valence-electron chi connectivity index (χ2n) is 5.93. The molecule has 2 aromatic rings. The summed E-state index contributed by atoms with van der Waals surface area (Å²) in [6.07, 6.45) is 0.981. The molecule has 3 rings (SSSR count). The fourth-order valence-corrected chi connectivity index (χ4v) is 3.22. The van der Waals surface area contributed by atoms with E-state index in [1.807, 2.05) is 0 Å². The number of benzene rings is 2. The summed E-state index contributed by atoms with van der Waals surface area (Å²) >= 11 is 5.93. The van der Waals surface area contributed by atoms with Crippen molar-refractivity contribution in [3.8, 4) is 0 Å². The number of carbonyl (C=O) groups is 2. The number of carbonyl (C=O) groups excluding carboxylic acids is 2. The molecule has 2 amide bonds. The molecular weight excluding hydrogens is 359 g/mol. The van der Waals surface area contributed by atoms with Crippen LogP contribution in [0.4, 0.5) is 15.8 Å². The molecule has 0 unspecified atom stereocenters. The highest BCUT2D eigenvalue weighted by atomic mass is 35.5. The maximum atomic E-state index is 13.9. The molecule has 0 aliphatic carbocycles. The van der Waals surface area contributed by atoms with Gasteiger partial charge >= 0.3 is 0 Å². The summed E-state index contributed by atoms with van der Waals surface area (Å²) < 4.78 is 18.9. The van der Waals surface area contributed by atoms with Gasteiger partial charge in [-0.25, -0.2) is 4.39 Å². The third kappa shape index (κ3) is 3.71. The normalized spacial score (nSPS) is 13.5. The predicted molar refractivity (Wildman–Crippen MR) is 98.4 cm³/mol. The molecule has 1 aliphatic rings. The van der Waals surface area contributed by atoms with Crippen molar-refractivity contribution in [1.82, 2.24) is 0 Å². The standard InChI is InChI=1S/C19H18ClFN2O3/c1-26-10-9-23-16-7-6-13(11-12(16)5-8-17(23)24)22-19(25)18-14(20)3-2-4-15(18)21/h2-4,6-7,11H,5,8-10H2,1H3,(H,22,25). The SMILES string of the molecule is COCCN1C(=O)CCc2cc(NC(=O)c3c(F)cccc3Cl)ccc21. The molecule has 1 aliphatic heterocycles. The van der Waals surface area contributed by atoms with Crippen molar-refractivity contribution in [3.63, 3.8) is 0 Å². The van der Waals surface area contributed by atoms with Crippen LogP contribution < -0.4 is 10.2 Å². The zero-order valence-corrected chi connectivity index (χ0v) is 15.0. The van der Waals surface area contributed by atoms with Gasteiger partial charge in [-0.2, -0.15) is 0 Å². The molecule has 5 nitrogen and oxygen atoms in total. The van der Waals surface area contributed by atoms with Crippen molar-refractivity contribution in [2.24, 2.45) is 0 Å². The fourth-order valence-electron chi connectivity index (χ4n) is 2.97. The van der Waals surface area contributed by atoms with Crippen LogP contribution in [0.2, 0.25) is 5.02 Å². The van der Waals surface area contributed by atoms with Gasteiger partial charge < -0.3 is 15.0 Å². The van der Waals surface area contributed by atoms with E-state index in [9.17, 15) is 14.0 Å². The van der Waals surface area contributed by atoms with Crippen LogP contribution in [0.3, 0.4) is 0 Å². The Hall–Kier alpha value is -2.44. The largest absolute Gasteiger partial charge is 0.383 e. The first kappa shape index (κ1) is 18.4. The van der Waals surface area contributed by atoms with Gasteiger partial charge in [0.1, 0.15) is 5.82 Å². The number of nitrogens with zero attached hydrogens (tertiary/aromatic N) is 1. The highest BCUT2D eigenvalue weighted by Crippen LogP contribution is 2.30. The van der Waals surface area contributed by atoms with E-state index < -0.39 is 11.7 Å². The second kappa shape index (κ2) is 7.85. The molecule has 0 aromatic heterocycles. The second-order valence-corrected chi connectivity index (χ2v) is 6.34. The van der Waals surface area contributed by atoms with Gasteiger partial charge in [-0.3, -0.25) is 9.59 Å². The maximum absolute atomic E-state index is 13.9. The number of ether oxygens (including phenoxy) is 1. The number of nitrogens with one attached hydrogen (secondary N) is 1. The summed E-state index contributed by atoms with van der Waals surface area (Å²) in [6, 6.07) is 9.36. The minimum atomic E-state index is -0.677. The summed E-state index contributed by atoms with van der Waals surface area (Å²) in [5.41, 5.74) is 2.08. The predicted octanol–water partition coefficient (Wildman–Crippen LogP) is 3.66. The number of anilines is 2. The molecular formula is C19H18ClFN2O3. The Kier molecular flexibility index (Phi) is 5.54. The molecule has 0 fully saturated rings. The zero-order valence-electron chi connectivity index (χ0n) is 14.2. The fraction of sp³-hybridized carbons (Fsp3) is 0.263. The van der Waals surface area contributed by atoms with Gasteiger partial charge in [-0.05, 0) is 42.3 Å². The number of halogens is 2. The summed E-state index contributed by atoms with van der Waals surface area (Å²) in [7, 11) is 1.59. The highest BCUT2D eigenvalue weighted by Gasteiger charge is 2.24. The van der Waals surface area contributed by atoms with Crippen LogP contribution in [0, 0.1) is 5.82 Å². The van der Waals surface area contributed by atoms with Gasteiger partial charge in [-0.15, -0.1) is 0 Å². The molecule has 26 heavy (non-hydrogen) atoms. The van der Waals surface area contributed by atoms with Gasteiger partial charge in [0, 0.05) is 31.5 Å². The lowest BCUT2D eigenvalue weighted by Crippen LogP contribution is -2.37. The minimum absolute atomic E-state index is 0.0458. The van der Waals surface area contributed by atoms with Crippen LogP contribution in [-0.2, 0) is 16.0 Å². The Morgan fingerprint density at radius 1 is 1.31 bits per heavy atom. The summed E-state index contributed by atoms with van der Waals surface area (Å²) in [5, 5.41) is 2.72. The number of hydrogen-bond donors (Lipinski definition) is 1. The molecule has 0 saturated heterocycles. The third-order valence-electron chi connectivity index (χ3n) is 4.25. The minimum Gasteiger partial charge on any atom is -0.383 e. The van der Waals surface area contributed by atoms with E-state index >= 15 is 0 Å². The lowest BCUT2D eigenvalue weighted by Gasteiger charge is -2.29. The topological polar surface area (TPSA) is 58.6 Å². The first-order valence-corrected chi connectivity index (χ1v) is 8.56. The number of rotatable bonds is 5. The maximum Gasteiger partial charge on any atom is 0.260 e. The molecule has 1 heterocycles. The number of aryl methyl sites for hydroxylation is 1. The van der Waals surface area contributed by atoms with Crippen molar-refractivity contribution < 1.29 is 18.7 Å². The van der Waals surface area contributed by atoms with E-state index in [2.05, 4.69) is 5.32 Å². The number of methoxy groups -OCH3 is 1. The molecule has 0 atom stereocenters. The van der Waals surface area contributed by atoms with Gasteiger partial charge in [0.2, 0.25) is 5.91 Å². The lowest BCUT2D eigenvalue weighted by molar-refractivity contribution is -0.119. The third-order valence-corrected chi connectivity index (χ3v) is 4.56. The Morgan fingerprint density at radius 2 is 2.12 bits per heavy atom. The molecule has 136 valence electrons. The van der Waals surface area contributed by atoms with Crippen LogP contribution in [0.1, 0.15) is 22.3 Å². The van der Waals surface area contributed by atoms with Crippen LogP contribution in [0.15, 0.2) is 36.4 Å². The monoisotopic (exact) mass is 376 g/mol. The lowest BCUT2D eigenvalue weighted by atomic mass is 10.0. The van der Waals surface area contributed by atoms with E-state index in [0.717, 1.165) is 11.3 Å². The first-order chi connectivity index (χ1) is 12.5. The molecule has 0 bridgehead atoms. The highest BCUT2D eigenvalue weighted by molar-refractivity contribution is 6.34. The molecule has 0 spiro atoms. The van der Waals surface area contributed by atoms with Crippen LogP contribution >= 0.6 is 11.6 Å². The zero-order chi connectivity index (χ0) is 18.7. The smallest absolute Gasteiger partial charge is 0.260 e. The van der Waals surface area contributed by atoms with Crippen LogP contribution in [0.25, 0.3) is 0 Å². The van der Waals surface area contributed by atoms with E-state index in [-0.39, 0.29) is 16.5 Å². The van der Waals surface area contributed by atoms with Crippen molar-refractivity contribution in [2.45, 2.75) is 12.8 Å². The average molecular weight is 377 g/mol. The van der Waals surface area contributed by atoms with Gasteiger partial charge in [0.25, 0.3) is 5.91 Å². The number of amides is 2. The Morgan fingerprint density at radius 3 is 2.85 bits per heavy atom. The van der Waals surface area contributed by atoms with Crippen molar-refractivity contribution in [2.75, 3.05) is 30.5 Å². The van der Waals surface area contributed by atoms with Crippen LogP contribution in [-0.4, -0.2) is 32.1 Å². The van der Waals surface area contributed by atoms with Gasteiger partial charge in [0.05, 0.1) is 17.2 Å². The quantitative estimate of drug-likeness (QED) is 0.866. The Labute approximate surface area is 155 Å². The summed E-state index contributed by atoms with van der Waals surface area (Å²) in [4.78, 5) is 26.2. The molecule has 7 heteroatoms. The van der Waals surface area contributed by atoms with Crippen molar-refractivity contribution in [3.05, 3.63) is 58.4 Å². The van der Waals surface area contributed by atoms with E-state index in [4.69, 9.17) is 16.3 Å². The molecule has 1 N–H and O–H groups in total. The molecule has 0 radical (unpaired) electrons. The van der Waals surface area contributed by atoms with Gasteiger partial charge in [0.15, 0.2) is 0 Å². The van der Waals surface area contributed by atoms with Crippen molar-refractivity contribution >= 4 is 34.8 Å². The Balaban J connectivity index is 1.83. The number of hydrogen-bond acceptors (Lipinski definition) is 3. The summed E-state index contributed by atoms with van der Waals surface area (Å²) in [5.74, 6) is -1.25. The van der Waals surface area contributed by atoms with Crippen molar-refractivity contribution in [1.29, 1.82) is 0 Å². The number of fused-ring (bicyclic) bond motifs is 1. The first-order valence-electron chi connectivity index (χ1n) is 8.19. The average Bonchev–Trinajstić information content (AvgIpc) is 2.61. The van der Waals surface area contributed by atoms with E-state index in [1.165, 1.54) is 18.2 Å².